The van der Waals surface area contributed by atoms with E-state index in [1.165, 1.54) is 12.0 Å². The van der Waals surface area contributed by atoms with Crippen molar-refractivity contribution in [3.8, 4) is 0 Å². The Labute approximate surface area is 92.7 Å². The zero-order chi connectivity index (χ0) is 11.4. The molecule has 15 heavy (non-hydrogen) atoms. The molecule has 3 heteroatoms. The summed E-state index contributed by atoms with van der Waals surface area (Å²) in [5.74, 6) is 0.685. The van der Waals surface area contributed by atoms with Crippen LogP contribution in [-0.2, 0) is 13.5 Å². The highest BCUT2D eigenvalue weighted by atomic mass is 15.3. The van der Waals surface area contributed by atoms with E-state index < -0.39 is 0 Å². The van der Waals surface area contributed by atoms with Crippen molar-refractivity contribution in [3.05, 3.63) is 17.5 Å². The normalized spacial score (nSPS) is 15.3. The van der Waals surface area contributed by atoms with Crippen LogP contribution in [0.2, 0.25) is 0 Å². The molecule has 0 spiro atoms. The Morgan fingerprint density at radius 1 is 1.47 bits per heavy atom. The molecule has 86 valence electrons. The molecule has 0 fully saturated rings. The van der Waals surface area contributed by atoms with Crippen LogP contribution in [-0.4, -0.2) is 9.78 Å². The second-order valence-corrected chi connectivity index (χ2v) is 4.41. The number of hydrogen-bond acceptors (Lipinski definition) is 2. The van der Waals surface area contributed by atoms with Crippen molar-refractivity contribution in [1.82, 2.24) is 9.78 Å². The number of nitrogens with two attached hydrogens (primary N) is 1. The van der Waals surface area contributed by atoms with Gasteiger partial charge in [-0.15, -0.1) is 0 Å². The molecule has 1 aromatic heterocycles. The topological polar surface area (TPSA) is 43.8 Å². The molecule has 3 nitrogen and oxygen atoms in total. The van der Waals surface area contributed by atoms with Gasteiger partial charge in [-0.25, -0.2) is 0 Å². The molecule has 0 saturated carbocycles. The summed E-state index contributed by atoms with van der Waals surface area (Å²) in [6, 6.07) is 0.142. The maximum Gasteiger partial charge on any atom is 0.0669 e. The van der Waals surface area contributed by atoms with Gasteiger partial charge in [0, 0.05) is 24.8 Å². The first kappa shape index (κ1) is 12.2. The fourth-order valence-electron chi connectivity index (χ4n) is 1.86. The van der Waals surface area contributed by atoms with Gasteiger partial charge in [-0.05, 0) is 18.8 Å². The van der Waals surface area contributed by atoms with Crippen LogP contribution in [0.1, 0.15) is 50.9 Å². The number of aryl methyl sites for hydroxylation is 2. The van der Waals surface area contributed by atoms with Crippen molar-refractivity contribution >= 4 is 0 Å². The number of hydrogen-bond donors (Lipinski definition) is 1. The molecule has 0 aliphatic rings. The van der Waals surface area contributed by atoms with Gasteiger partial charge in [0.25, 0.3) is 0 Å². The molecule has 1 rings (SSSR count). The van der Waals surface area contributed by atoms with E-state index >= 15 is 0 Å². The number of aromatic nitrogens is 2. The summed E-state index contributed by atoms with van der Waals surface area (Å²) in [6.07, 6.45) is 5.26. The van der Waals surface area contributed by atoms with Crippen LogP contribution >= 0.6 is 0 Å². The van der Waals surface area contributed by atoms with Crippen LogP contribution in [0.15, 0.2) is 6.20 Å². The summed E-state index contributed by atoms with van der Waals surface area (Å²) in [5.41, 5.74) is 8.58. The first-order chi connectivity index (χ1) is 7.08. The second-order valence-electron chi connectivity index (χ2n) is 4.41. The average molecular weight is 209 g/mol. The van der Waals surface area contributed by atoms with Crippen LogP contribution in [0.4, 0.5) is 0 Å². The summed E-state index contributed by atoms with van der Waals surface area (Å²) >= 11 is 0. The van der Waals surface area contributed by atoms with E-state index in [-0.39, 0.29) is 6.04 Å². The van der Waals surface area contributed by atoms with Gasteiger partial charge in [0.05, 0.1) is 5.69 Å². The van der Waals surface area contributed by atoms with Gasteiger partial charge < -0.3 is 5.73 Å². The molecular formula is C12H23N3. The third-order valence-corrected chi connectivity index (χ3v) is 3.03. The molecule has 1 heterocycles. The van der Waals surface area contributed by atoms with E-state index in [2.05, 4.69) is 32.1 Å². The molecule has 2 atom stereocenters. The summed E-state index contributed by atoms with van der Waals surface area (Å²) < 4.78 is 1.87. The van der Waals surface area contributed by atoms with Crippen molar-refractivity contribution in [1.29, 1.82) is 0 Å². The Hall–Kier alpha value is -0.830. The average Bonchev–Trinajstić information content (AvgIpc) is 2.59. The molecule has 0 aromatic carbocycles. The lowest BCUT2D eigenvalue weighted by atomic mass is 9.95. The maximum atomic E-state index is 6.21. The maximum absolute atomic E-state index is 6.21. The Morgan fingerprint density at radius 3 is 2.67 bits per heavy atom. The lowest BCUT2D eigenvalue weighted by Gasteiger charge is -2.15. The zero-order valence-electron chi connectivity index (χ0n) is 10.3. The summed E-state index contributed by atoms with van der Waals surface area (Å²) in [4.78, 5) is 0. The van der Waals surface area contributed by atoms with Crippen LogP contribution in [0.25, 0.3) is 0 Å². The fraction of sp³-hybridized carbons (Fsp3) is 0.750. The van der Waals surface area contributed by atoms with E-state index in [4.69, 9.17) is 5.73 Å². The van der Waals surface area contributed by atoms with Gasteiger partial charge in [0.1, 0.15) is 0 Å². The van der Waals surface area contributed by atoms with E-state index in [0.29, 0.717) is 5.92 Å². The van der Waals surface area contributed by atoms with Crippen molar-refractivity contribution in [2.45, 2.75) is 46.1 Å². The standard InChI is InChI=1S/C12H23N3/c1-5-9(3)7-11(13)10-8-15(4)14-12(10)6-2/h8-9,11H,5-7,13H2,1-4H3. The fourth-order valence-corrected chi connectivity index (χ4v) is 1.86. The minimum Gasteiger partial charge on any atom is -0.324 e. The second kappa shape index (κ2) is 5.31. The molecule has 0 aliphatic heterocycles. The largest absolute Gasteiger partial charge is 0.324 e. The first-order valence-corrected chi connectivity index (χ1v) is 5.86. The highest BCUT2D eigenvalue weighted by Gasteiger charge is 2.15. The minimum atomic E-state index is 0.142. The molecule has 2 N–H and O–H groups in total. The Balaban J connectivity index is 2.75. The third-order valence-electron chi connectivity index (χ3n) is 3.03. The van der Waals surface area contributed by atoms with Crippen LogP contribution in [0.5, 0.6) is 0 Å². The van der Waals surface area contributed by atoms with Crippen molar-refractivity contribution in [3.63, 3.8) is 0 Å². The molecule has 0 bridgehead atoms. The summed E-state index contributed by atoms with van der Waals surface area (Å²) in [6.45, 7) is 6.59. The van der Waals surface area contributed by atoms with Crippen molar-refractivity contribution < 1.29 is 0 Å². The van der Waals surface area contributed by atoms with E-state index in [0.717, 1.165) is 18.5 Å². The third kappa shape index (κ3) is 3.06. The van der Waals surface area contributed by atoms with Crippen LogP contribution in [0.3, 0.4) is 0 Å². The van der Waals surface area contributed by atoms with Gasteiger partial charge in [-0.3, -0.25) is 4.68 Å². The van der Waals surface area contributed by atoms with Crippen LogP contribution in [0, 0.1) is 5.92 Å². The van der Waals surface area contributed by atoms with Gasteiger partial charge in [0.2, 0.25) is 0 Å². The Kier molecular flexibility index (Phi) is 4.33. The predicted octanol–water partition coefficient (Wildman–Crippen LogP) is 2.42. The smallest absolute Gasteiger partial charge is 0.0669 e. The van der Waals surface area contributed by atoms with Gasteiger partial charge >= 0.3 is 0 Å². The monoisotopic (exact) mass is 209 g/mol. The number of rotatable bonds is 5. The quantitative estimate of drug-likeness (QED) is 0.809. The lowest BCUT2D eigenvalue weighted by Crippen LogP contribution is -2.14. The van der Waals surface area contributed by atoms with Gasteiger partial charge in [-0.2, -0.15) is 5.10 Å². The van der Waals surface area contributed by atoms with Crippen LogP contribution < -0.4 is 5.73 Å². The lowest BCUT2D eigenvalue weighted by molar-refractivity contribution is 0.460. The Morgan fingerprint density at radius 2 is 2.13 bits per heavy atom. The van der Waals surface area contributed by atoms with Crippen molar-refractivity contribution in [2.24, 2.45) is 18.7 Å². The molecule has 0 radical (unpaired) electrons. The highest BCUT2D eigenvalue weighted by Crippen LogP contribution is 2.23. The van der Waals surface area contributed by atoms with E-state index in [1.54, 1.807) is 0 Å². The van der Waals surface area contributed by atoms with Gasteiger partial charge in [-0.1, -0.05) is 27.2 Å². The molecule has 1 aromatic rings. The highest BCUT2D eigenvalue weighted by molar-refractivity contribution is 5.21. The molecule has 2 unspecified atom stereocenters. The molecule has 0 aliphatic carbocycles. The zero-order valence-corrected chi connectivity index (χ0v) is 10.3. The Bertz CT molecular complexity index is 304. The molecule has 0 amide bonds. The summed E-state index contributed by atoms with van der Waals surface area (Å²) in [5, 5.41) is 4.42. The van der Waals surface area contributed by atoms with Crippen molar-refractivity contribution in [2.75, 3.05) is 0 Å². The summed E-state index contributed by atoms with van der Waals surface area (Å²) in [7, 11) is 1.96. The predicted molar refractivity (Wildman–Crippen MR) is 63.6 cm³/mol. The molecular weight excluding hydrogens is 186 g/mol. The van der Waals surface area contributed by atoms with Gasteiger partial charge in [0.15, 0.2) is 0 Å². The number of nitrogens with zero attached hydrogens (tertiary/aromatic N) is 2. The van der Waals surface area contributed by atoms with E-state index in [1.807, 2.05) is 11.7 Å². The minimum absolute atomic E-state index is 0.142. The van der Waals surface area contributed by atoms with E-state index in [9.17, 15) is 0 Å². The SMILES string of the molecule is CCc1nn(C)cc1C(N)CC(C)CC. The molecule has 0 saturated heterocycles. The first-order valence-electron chi connectivity index (χ1n) is 5.86.